The molecule has 1 saturated heterocycles. The van der Waals surface area contributed by atoms with Crippen LogP contribution in [0.5, 0.6) is 0 Å². The van der Waals surface area contributed by atoms with E-state index in [2.05, 4.69) is 22.2 Å². The van der Waals surface area contributed by atoms with Crippen molar-refractivity contribution in [3.05, 3.63) is 23.8 Å². The molecule has 18 heavy (non-hydrogen) atoms. The lowest BCUT2D eigenvalue weighted by atomic mass is 10.1. The van der Waals surface area contributed by atoms with E-state index in [4.69, 9.17) is 5.11 Å². The molecular weight excluding hydrogens is 250 g/mol. The smallest absolute Gasteiger partial charge is 0.339 e. The van der Waals surface area contributed by atoms with Gasteiger partial charge in [-0.2, -0.15) is 11.8 Å². The summed E-state index contributed by atoms with van der Waals surface area (Å²) in [5.41, 5.74) is 0.721. The van der Waals surface area contributed by atoms with Crippen molar-refractivity contribution in [3.63, 3.8) is 0 Å². The monoisotopic (exact) mass is 267 g/mol. The van der Waals surface area contributed by atoms with Gasteiger partial charge in [0, 0.05) is 24.0 Å². The Bertz CT molecular complexity index is 433. The van der Waals surface area contributed by atoms with Gasteiger partial charge < -0.3 is 10.4 Å². The van der Waals surface area contributed by atoms with Gasteiger partial charge in [0.05, 0.1) is 5.69 Å². The second-order valence-corrected chi connectivity index (χ2v) is 6.38. The third-order valence-corrected chi connectivity index (χ3v) is 4.66. The highest BCUT2D eigenvalue weighted by Crippen LogP contribution is 2.36. The van der Waals surface area contributed by atoms with Crippen LogP contribution in [-0.2, 0) is 6.54 Å². The van der Waals surface area contributed by atoms with Crippen LogP contribution in [0, 0.1) is 0 Å². The van der Waals surface area contributed by atoms with Crippen molar-refractivity contribution in [2.75, 3.05) is 12.3 Å². The molecule has 1 aliphatic rings. The van der Waals surface area contributed by atoms with Crippen LogP contribution in [-0.4, -0.2) is 38.1 Å². The van der Waals surface area contributed by atoms with E-state index in [0.717, 1.165) is 6.54 Å². The molecule has 98 valence electrons. The van der Waals surface area contributed by atoms with Gasteiger partial charge in [0.2, 0.25) is 0 Å². The summed E-state index contributed by atoms with van der Waals surface area (Å²) in [5, 5.41) is 12.3. The Morgan fingerprint density at radius 2 is 2.50 bits per heavy atom. The van der Waals surface area contributed by atoms with Gasteiger partial charge in [-0.25, -0.2) is 14.8 Å². The molecule has 1 unspecified atom stereocenters. The van der Waals surface area contributed by atoms with Gasteiger partial charge in [0.1, 0.15) is 11.9 Å². The summed E-state index contributed by atoms with van der Waals surface area (Å²) in [6.45, 7) is 3.59. The fourth-order valence-electron chi connectivity index (χ4n) is 2.10. The van der Waals surface area contributed by atoms with Crippen LogP contribution < -0.4 is 5.32 Å². The number of carboxylic acids is 1. The number of thioether (sulfide) groups is 1. The Kier molecular flexibility index (Phi) is 4.19. The maximum Gasteiger partial charge on any atom is 0.339 e. The molecule has 0 saturated carbocycles. The fraction of sp³-hybridized carbons (Fsp3) is 0.583. The molecule has 1 aliphatic heterocycles. The molecule has 0 spiro atoms. The second-order valence-electron chi connectivity index (χ2n) is 4.69. The molecule has 6 heteroatoms. The SMILES string of the molecule is CC1(CNCc2ncncc2C(=O)O)CCCS1. The topological polar surface area (TPSA) is 75.1 Å². The first-order chi connectivity index (χ1) is 8.61. The molecule has 5 nitrogen and oxygen atoms in total. The molecule has 1 aromatic rings. The molecule has 2 heterocycles. The normalized spacial score (nSPS) is 23.2. The third kappa shape index (κ3) is 3.20. The first-order valence-corrected chi connectivity index (χ1v) is 6.96. The van der Waals surface area contributed by atoms with E-state index in [-0.39, 0.29) is 10.3 Å². The van der Waals surface area contributed by atoms with E-state index in [1.54, 1.807) is 0 Å². The molecule has 0 aromatic carbocycles. The number of rotatable bonds is 5. The van der Waals surface area contributed by atoms with Gasteiger partial charge in [-0.3, -0.25) is 0 Å². The average molecular weight is 267 g/mol. The standard InChI is InChI=1S/C12H17N3O2S/c1-12(3-2-4-18-12)7-13-6-10-9(11(16)17)5-14-8-15-10/h5,8,13H,2-4,6-7H2,1H3,(H,16,17). The van der Waals surface area contributed by atoms with Crippen molar-refractivity contribution in [3.8, 4) is 0 Å². The van der Waals surface area contributed by atoms with E-state index in [9.17, 15) is 4.79 Å². The van der Waals surface area contributed by atoms with Gasteiger partial charge in [0.15, 0.2) is 0 Å². The minimum Gasteiger partial charge on any atom is -0.478 e. The van der Waals surface area contributed by atoms with Crippen LogP contribution in [0.2, 0.25) is 0 Å². The van der Waals surface area contributed by atoms with Crippen LogP contribution in [0.1, 0.15) is 35.8 Å². The largest absolute Gasteiger partial charge is 0.478 e. The van der Waals surface area contributed by atoms with Crippen LogP contribution in [0.4, 0.5) is 0 Å². The van der Waals surface area contributed by atoms with Crippen LogP contribution in [0.3, 0.4) is 0 Å². The molecule has 0 aliphatic carbocycles. The van der Waals surface area contributed by atoms with Crippen molar-refractivity contribution < 1.29 is 9.90 Å². The lowest BCUT2D eigenvalue weighted by Gasteiger charge is -2.22. The number of hydrogen-bond donors (Lipinski definition) is 2. The summed E-state index contributed by atoms with van der Waals surface area (Å²) in [6.07, 6.45) is 5.20. The number of carbonyl (C=O) groups is 1. The number of aromatic carboxylic acids is 1. The lowest BCUT2D eigenvalue weighted by Crippen LogP contribution is -2.33. The lowest BCUT2D eigenvalue weighted by molar-refractivity contribution is 0.0694. The number of nitrogens with one attached hydrogen (secondary N) is 1. The van der Waals surface area contributed by atoms with Gasteiger partial charge >= 0.3 is 5.97 Å². The Morgan fingerprint density at radius 1 is 1.67 bits per heavy atom. The first-order valence-electron chi connectivity index (χ1n) is 5.98. The maximum absolute atomic E-state index is 11.0. The fourth-order valence-corrected chi connectivity index (χ4v) is 3.37. The highest BCUT2D eigenvalue weighted by atomic mass is 32.2. The molecule has 0 bridgehead atoms. The molecular formula is C12H17N3O2S. The summed E-state index contributed by atoms with van der Waals surface area (Å²) < 4.78 is 0.274. The highest BCUT2D eigenvalue weighted by Gasteiger charge is 2.28. The molecule has 1 aromatic heterocycles. The average Bonchev–Trinajstić information content (AvgIpc) is 2.77. The van der Waals surface area contributed by atoms with Gasteiger partial charge in [-0.15, -0.1) is 0 Å². The number of aromatic nitrogens is 2. The Morgan fingerprint density at radius 3 is 3.17 bits per heavy atom. The second kappa shape index (κ2) is 5.67. The first kappa shape index (κ1) is 13.3. The summed E-state index contributed by atoms with van der Waals surface area (Å²) in [7, 11) is 0. The Labute approximate surface area is 110 Å². The summed E-state index contributed by atoms with van der Waals surface area (Å²) in [6, 6.07) is 0. The zero-order valence-corrected chi connectivity index (χ0v) is 11.2. The zero-order valence-electron chi connectivity index (χ0n) is 10.3. The van der Waals surface area contributed by atoms with Gasteiger partial charge in [-0.05, 0) is 25.5 Å². The molecule has 1 atom stereocenters. The van der Waals surface area contributed by atoms with Crippen molar-refractivity contribution in [1.29, 1.82) is 0 Å². The Balaban J connectivity index is 1.92. The summed E-state index contributed by atoms with van der Waals surface area (Å²) >= 11 is 1.98. The molecule has 2 rings (SSSR count). The van der Waals surface area contributed by atoms with Gasteiger partial charge in [-0.1, -0.05) is 0 Å². The minimum atomic E-state index is -0.978. The zero-order chi connectivity index (χ0) is 13.0. The van der Waals surface area contributed by atoms with E-state index < -0.39 is 5.97 Å². The van der Waals surface area contributed by atoms with Gasteiger partial charge in [0.25, 0.3) is 0 Å². The van der Waals surface area contributed by atoms with E-state index >= 15 is 0 Å². The molecule has 0 radical (unpaired) electrons. The Hall–Kier alpha value is -1.14. The van der Waals surface area contributed by atoms with Crippen molar-refractivity contribution in [2.24, 2.45) is 0 Å². The van der Waals surface area contributed by atoms with Crippen molar-refractivity contribution >= 4 is 17.7 Å². The summed E-state index contributed by atoms with van der Waals surface area (Å²) in [4.78, 5) is 18.8. The predicted molar refractivity (Wildman–Crippen MR) is 70.8 cm³/mol. The minimum absolute atomic E-state index is 0.175. The molecule has 1 fully saturated rings. The van der Waals surface area contributed by atoms with Crippen LogP contribution >= 0.6 is 11.8 Å². The van der Waals surface area contributed by atoms with Crippen LogP contribution in [0.25, 0.3) is 0 Å². The predicted octanol–water partition coefficient (Wildman–Crippen LogP) is 1.55. The van der Waals surface area contributed by atoms with E-state index in [1.165, 1.54) is 31.1 Å². The van der Waals surface area contributed by atoms with E-state index in [1.807, 2.05) is 11.8 Å². The quantitative estimate of drug-likeness (QED) is 0.843. The number of nitrogens with zero attached hydrogens (tertiary/aromatic N) is 2. The number of carboxylic acid groups (broad SMARTS) is 1. The van der Waals surface area contributed by atoms with E-state index in [0.29, 0.717) is 12.2 Å². The van der Waals surface area contributed by atoms with Crippen molar-refractivity contribution in [2.45, 2.75) is 31.1 Å². The van der Waals surface area contributed by atoms with Crippen molar-refractivity contribution in [1.82, 2.24) is 15.3 Å². The molecule has 0 amide bonds. The summed E-state index contributed by atoms with van der Waals surface area (Å²) in [5.74, 6) is 0.236. The molecule has 2 N–H and O–H groups in total. The van der Waals surface area contributed by atoms with Crippen LogP contribution in [0.15, 0.2) is 12.5 Å². The third-order valence-electron chi connectivity index (χ3n) is 3.12. The maximum atomic E-state index is 11.0. The number of hydrogen-bond acceptors (Lipinski definition) is 5. The highest BCUT2D eigenvalue weighted by molar-refractivity contribution is 8.00.